The highest BCUT2D eigenvalue weighted by Crippen LogP contribution is 2.22. The summed E-state index contributed by atoms with van der Waals surface area (Å²) in [4.78, 5) is 12.7. The highest BCUT2D eigenvalue weighted by Gasteiger charge is 2.22. The number of ether oxygens (including phenoxy) is 3. The van der Waals surface area contributed by atoms with Crippen molar-refractivity contribution in [3.63, 3.8) is 0 Å². The molecule has 1 amide bonds. The molecule has 2 rings (SSSR count). The van der Waals surface area contributed by atoms with Crippen LogP contribution in [0.5, 0.6) is 17.2 Å². The van der Waals surface area contributed by atoms with Crippen LogP contribution in [0, 0.1) is 0 Å². The van der Waals surface area contributed by atoms with Gasteiger partial charge < -0.3 is 19.5 Å². The second-order valence-electron chi connectivity index (χ2n) is 5.93. The highest BCUT2D eigenvalue weighted by atomic mass is 16.5. The molecule has 2 aromatic rings. The summed E-state index contributed by atoms with van der Waals surface area (Å²) in [5.74, 6) is 2.07. The number of benzene rings is 2. The molecular formula is C21H27NO4. The molecule has 0 unspecified atom stereocenters. The maximum absolute atomic E-state index is 12.7. The van der Waals surface area contributed by atoms with Crippen molar-refractivity contribution in [3.05, 3.63) is 54.1 Å². The predicted molar refractivity (Wildman–Crippen MR) is 102 cm³/mol. The van der Waals surface area contributed by atoms with Crippen LogP contribution < -0.4 is 19.5 Å². The van der Waals surface area contributed by atoms with E-state index in [-0.39, 0.29) is 11.9 Å². The van der Waals surface area contributed by atoms with Crippen LogP contribution in [0.25, 0.3) is 0 Å². The van der Waals surface area contributed by atoms with Crippen molar-refractivity contribution in [1.82, 2.24) is 5.32 Å². The van der Waals surface area contributed by atoms with E-state index in [1.54, 1.807) is 26.4 Å². The van der Waals surface area contributed by atoms with E-state index in [9.17, 15) is 4.79 Å². The average Bonchev–Trinajstić information content (AvgIpc) is 2.70. The van der Waals surface area contributed by atoms with Crippen molar-refractivity contribution in [2.24, 2.45) is 0 Å². The largest absolute Gasteiger partial charge is 0.497 e. The lowest BCUT2D eigenvalue weighted by Crippen LogP contribution is -2.39. The zero-order chi connectivity index (χ0) is 18.9. The van der Waals surface area contributed by atoms with Gasteiger partial charge in [-0.15, -0.1) is 0 Å². The standard InChI is InChI=1S/C21H27NO4/c1-5-19(15-7-9-16(24-3)10-8-15)22-21(23)20(6-2)26-18-13-11-17(25-4)12-14-18/h7-14,19-20H,5-6H2,1-4H3,(H,22,23)/t19-,20+/m0/s1. The smallest absolute Gasteiger partial charge is 0.261 e. The van der Waals surface area contributed by atoms with Crippen molar-refractivity contribution < 1.29 is 19.0 Å². The summed E-state index contributed by atoms with van der Waals surface area (Å²) in [7, 11) is 3.25. The van der Waals surface area contributed by atoms with E-state index in [0.29, 0.717) is 12.2 Å². The van der Waals surface area contributed by atoms with Crippen LogP contribution in [0.1, 0.15) is 38.3 Å². The van der Waals surface area contributed by atoms with Crippen LogP contribution in [0.15, 0.2) is 48.5 Å². The van der Waals surface area contributed by atoms with Gasteiger partial charge in [0.15, 0.2) is 6.10 Å². The number of methoxy groups -OCH3 is 2. The molecule has 0 fully saturated rings. The van der Waals surface area contributed by atoms with Crippen LogP contribution in [0.3, 0.4) is 0 Å². The molecular weight excluding hydrogens is 330 g/mol. The molecule has 0 aliphatic rings. The van der Waals surface area contributed by atoms with Gasteiger partial charge in [-0.2, -0.15) is 0 Å². The lowest BCUT2D eigenvalue weighted by molar-refractivity contribution is -0.128. The first kappa shape index (κ1) is 19.6. The Morgan fingerprint density at radius 1 is 0.846 bits per heavy atom. The molecule has 0 bridgehead atoms. The molecule has 2 aromatic carbocycles. The topological polar surface area (TPSA) is 56.8 Å². The van der Waals surface area contributed by atoms with E-state index in [4.69, 9.17) is 14.2 Å². The van der Waals surface area contributed by atoms with Crippen molar-refractivity contribution in [3.8, 4) is 17.2 Å². The molecule has 0 saturated heterocycles. The summed E-state index contributed by atoms with van der Waals surface area (Å²) < 4.78 is 16.2. The number of nitrogens with one attached hydrogen (secondary N) is 1. The minimum atomic E-state index is -0.546. The Bertz CT molecular complexity index is 682. The Labute approximate surface area is 155 Å². The van der Waals surface area contributed by atoms with E-state index < -0.39 is 6.10 Å². The maximum atomic E-state index is 12.7. The fraction of sp³-hybridized carbons (Fsp3) is 0.381. The van der Waals surface area contributed by atoms with Gasteiger partial charge in [0.05, 0.1) is 20.3 Å². The second-order valence-corrected chi connectivity index (χ2v) is 5.93. The van der Waals surface area contributed by atoms with Crippen molar-refractivity contribution in [1.29, 1.82) is 0 Å². The predicted octanol–water partition coefficient (Wildman–Crippen LogP) is 4.13. The molecule has 0 radical (unpaired) electrons. The van der Waals surface area contributed by atoms with Crippen LogP contribution in [0.2, 0.25) is 0 Å². The van der Waals surface area contributed by atoms with Crippen molar-refractivity contribution >= 4 is 5.91 Å². The Morgan fingerprint density at radius 3 is 1.81 bits per heavy atom. The van der Waals surface area contributed by atoms with Gasteiger partial charge in [-0.05, 0) is 54.8 Å². The Morgan fingerprint density at radius 2 is 1.35 bits per heavy atom. The summed E-state index contributed by atoms with van der Waals surface area (Å²) >= 11 is 0. The molecule has 0 heterocycles. The number of rotatable bonds is 9. The van der Waals surface area contributed by atoms with Crippen molar-refractivity contribution in [2.45, 2.75) is 38.8 Å². The average molecular weight is 357 g/mol. The monoisotopic (exact) mass is 357 g/mol. The van der Waals surface area contributed by atoms with Gasteiger partial charge in [0, 0.05) is 0 Å². The maximum Gasteiger partial charge on any atom is 0.261 e. The summed E-state index contributed by atoms with van der Waals surface area (Å²) in [6.07, 6.45) is 0.823. The van der Waals surface area contributed by atoms with Crippen LogP contribution >= 0.6 is 0 Å². The minimum absolute atomic E-state index is 0.0677. The molecule has 5 heteroatoms. The summed E-state index contributed by atoms with van der Waals surface area (Å²) in [5.41, 5.74) is 1.04. The molecule has 5 nitrogen and oxygen atoms in total. The van der Waals surface area contributed by atoms with E-state index in [1.165, 1.54) is 0 Å². The lowest BCUT2D eigenvalue weighted by atomic mass is 10.0. The number of hydrogen-bond donors (Lipinski definition) is 1. The van der Waals surface area contributed by atoms with E-state index in [0.717, 1.165) is 23.5 Å². The Kier molecular flexibility index (Phi) is 7.33. The first-order valence-electron chi connectivity index (χ1n) is 8.86. The lowest BCUT2D eigenvalue weighted by Gasteiger charge is -2.22. The quantitative estimate of drug-likeness (QED) is 0.733. The normalized spacial score (nSPS) is 12.8. The summed E-state index contributed by atoms with van der Waals surface area (Å²) in [6.45, 7) is 3.97. The van der Waals surface area contributed by atoms with Gasteiger partial charge in [-0.1, -0.05) is 26.0 Å². The van der Waals surface area contributed by atoms with E-state index in [1.807, 2.05) is 50.2 Å². The number of amides is 1. The molecule has 1 N–H and O–H groups in total. The van der Waals surface area contributed by atoms with Crippen LogP contribution in [0.4, 0.5) is 0 Å². The zero-order valence-corrected chi connectivity index (χ0v) is 15.8. The number of carbonyl (C=O) groups is 1. The third-order valence-corrected chi connectivity index (χ3v) is 4.24. The van der Waals surface area contributed by atoms with Crippen LogP contribution in [-0.4, -0.2) is 26.2 Å². The van der Waals surface area contributed by atoms with Gasteiger partial charge >= 0.3 is 0 Å². The van der Waals surface area contributed by atoms with Gasteiger partial charge in [-0.3, -0.25) is 4.79 Å². The fourth-order valence-corrected chi connectivity index (χ4v) is 2.66. The first-order chi connectivity index (χ1) is 12.6. The second kappa shape index (κ2) is 9.70. The molecule has 2 atom stereocenters. The number of carbonyl (C=O) groups excluding carboxylic acids is 1. The van der Waals surface area contributed by atoms with Gasteiger partial charge in [0.25, 0.3) is 5.91 Å². The summed E-state index contributed by atoms with van der Waals surface area (Å²) in [5, 5.41) is 3.08. The SMILES string of the molecule is CC[C@H](NC(=O)[C@@H](CC)Oc1ccc(OC)cc1)c1ccc(OC)cc1. The first-order valence-corrected chi connectivity index (χ1v) is 8.86. The molecule has 0 aliphatic heterocycles. The van der Waals surface area contributed by atoms with Gasteiger partial charge in [-0.25, -0.2) is 0 Å². The minimum Gasteiger partial charge on any atom is -0.497 e. The van der Waals surface area contributed by atoms with E-state index in [2.05, 4.69) is 5.32 Å². The zero-order valence-electron chi connectivity index (χ0n) is 15.8. The summed E-state index contributed by atoms with van der Waals surface area (Å²) in [6, 6.07) is 14.9. The molecule has 0 spiro atoms. The highest BCUT2D eigenvalue weighted by molar-refractivity contribution is 5.81. The van der Waals surface area contributed by atoms with Crippen molar-refractivity contribution in [2.75, 3.05) is 14.2 Å². The molecule has 0 aliphatic carbocycles. The third kappa shape index (κ3) is 5.15. The fourth-order valence-electron chi connectivity index (χ4n) is 2.66. The Balaban J connectivity index is 2.03. The number of hydrogen-bond acceptors (Lipinski definition) is 4. The van der Waals surface area contributed by atoms with Gasteiger partial charge in [0.1, 0.15) is 17.2 Å². The van der Waals surface area contributed by atoms with Gasteiger partial charge in [0.2, 0.25) is 0 Å². The molecule has 0 aromatic heterocycles. The molecule has 140 valence electrons. The third-order valence-electron chi connectivity index (χ3n) is 4.24. The molecule has 0 saturated carbocycles. The Hall–Kier alpha value is -2.69. The van der Waals surface area contributed by atoms with E-state index >= 15 is 0 Å². The molecule has 26 heavy (non-hydrogen) atoms. The van der Waals surface area contributed by atoms with Crippen LogP contribution in [-0.2, 0) is 4.79 Å².